The molecular weight excluding hydrogens is 222 g/mol. The molecule has 1 aliphatic rings. The van der Waals surface area contributed by atoms with E-state index < -0.39 is 5.54 Å². The van der Waals surface area contributed by atoms with Crippen molar-refractivity contribution in [3.05, 3.63) is 35.9 Å². The van der Waals surface area contributed by atoms with Crippen LogP contribution in [0.25, 0.3) is 0 Å². The zero-order chi connectivity index (χ0) is 12.8. The minimum absolute atomic E-state index is 0.371. The second-order valence-electron chi connectivity index (χ2n) is 5.18. The summed E-state index contributed by atoms with van der Waals surface area (Å²) in [6.07, 6.45) is 6.13. The number of ketones is 1. The summed E-state index contributed by atoms with van der Waals surface area (Å²) in [6, 6.07) is 10.2. The first-order valence-corrected chi connectivity index (χ1v) is 7.13. The maximum absolute atomic E-state index is 12.4. The number of carbonyl (C=O) groups is 1. The minimum atomic E-state index is -0.408. The molecule has 0 heterocycles. The number of nitrogens with one attached hydrogen (secondary N) is 1. The Balaban J connectivity index is 2.24. The van der Waals surface area contributed by atoms with Crippen LogP contribution in [0.2, 0.25) is 0 Å². The molecule has 1 aromatic rings. The average molecular weight is 245 g/mol. The normalized spacial score (nSPS) is 24.2. The van der Waals surface area contributed by atoms with Gasteiger partial charge in [0.2, 0.25) is 0 Å². The lowest BCUT2D eigenvalue weighted by Crippen LogP contribution is -2.51. The van der Waals surface area contributed by atoms with Gasteiger partial charge in [-0.15, -0.1) is 0 Å². The van der Waals surface area contributed by atoms with E-state index in [0.717, 1.165) is 44.2 Å². The summed E-state index contributed by atoms with van der Waals surface area (Å²) in [5, 5.41) is 3.55. The Labute approximate surface area is 110 Å². The molecule has 2 nitrogen and oxygen atoms in total. The van der Waals surface area contributed by atoms with E-state index in [-0.39, 0.29) is 0 Å². The van der Waals surface area contributed by atoms with E-state index in [1.165, 1.54) is 0 Å². The molecule has 0 spiro atoms. The van der Waals surface area contributed by atoms with Crippen LogP contribution in [0.1, 0.15) is 51.0 Å². The zero-order valence-electron chi connectivity index (χ0n) is 11.2. The van der Waals surface area contributed by atoms with Gasteiger partial charge in [0.05, 0.1) is 0 Å². The molecule has 1 saturated carbocycles. The lowest BCUT2D eigenvalue weighted by atomic mass is 9.75. The van der Waals surface area contributed by atoms with Gasteiger partial charge in [0.1, 0.15) is 5.54 Å². The van der Waals surface area contributed by atoms with Gasteiger partial charge in [0.25, 0.3) is 0 Å². The van der Waals surface area contributed by atoms with Crippen molar-refractivity contribution in [2.24, 2.45) is 0 Å². The van der Waals surface area contributed by atoms with Gasteiger partial charge in [0, 0.05) is 6.42 Å². The average Bonchev–Trinajstić information content (AvgIpc) is 2.42. The standard InChI is InChI=1S/C16H23NO/c1-2-3-13-17-16(12-8-7-11-15(16)18)14-9-5-4-6-10-14/h4-6,9-10,17H,2-3,7-8,11-13H2,1H3. The molecule has 1 fully saturated rings. The molecule has 0 radical (unpaired) electrons. The van der Waals surface area contributed by atoms with Crippen molar-refractivity contribution >= 4 is 5.78 Å². The summed E-state index contributed by atoms with van der Waals surface area (Å²) in [5.41, 5.74) is 0.736. The van der Waals surface area contributed by atoms with Crippen LogP contribution in [0.5, 0.6) is 0 Å². The third kappa shape index (κ3) is 2.64. The molecule has 18 heavy (non-hydrogen) atoms. The molecule has 2 heteroatoms. The van der Waals surface area contributed by atoms with Crippen LogP contribution >= 0.6 is 0 Å². The molecule has 98 valence electrons. The molecule has 0 saturated heterocycles. The Bertz CT molecular complexity index is 387. The Morgan fingerprint density at radius 3 is 2.67 bits per heavy atom. The second-order valence-corrected chi connectivity index (χ2v) is 5.18. The van der Waals surface area contributed by atoms with Crippen LogP contribution in [0.15, 0.2) is 30.3 Å². The maximum atomic E-state index is 12.4. The first-order valence-electron chi connectivity index (χ1n) is 7.13. The molecule has 1 aromatic carbocycles. The Morgan fingerprint density at radius 1 is 1.22 bits per heavy atom. The number of hydrogen-bond acceptors (Lipinski definition) is 2. The van der Waals surface area contributed by atoms with Crippen molar-refractivity contribution in [2.75, 3.05) is 6.54 Å². The highest BCUT2D eigenvalue weighted by atomic mass is 16.1. The quantitative estimate of drug-likeness (QED) is 0.805. The number of carbonyl (C=O) groups excluding carboxylic acids is 1. The van der Waals surface area contributed by atoms with Gasteiger partial charge in [0.15, 0.2) is 5.78 Å². The summed E-state index contributed by atoms with van der Waals surface area (Å²) in [4.78, 5) is 12.4. The van der Waals surface area contributed by atoms with Gasteiger partial charge in [-0.25, -0.2) is 0 Å². The van der Waals surface area contributed by atoms with Crippen molar-refractivity contribution in [1.29, 1.82) is 0 Å². The van der Waals surface area contributed by atoms with E-state index in [1.54, 1.807) is 0 Å². The van der Waals surface area contributed by atoms with Gasteiger partial charge in [-0.3, -0.25) is 4.79 Å². The van der Waals surface area contributed by atoms with E-state index in [0.29, 0.717) is 12.2 Å². The number of benzene rings is 1. The molecule has 1 atom stereocenters. The number of unbranched alkanes of at least 4 members (excludes halogenated alkanes) is 1. The second kappa shape index (κ2) is 6.14. The predicted octanol–water partition coefficient (Wildman–Crippen LogP) is 3.41. The van der Waals surface area contributed by atoms with Crippen molar-refractivity contribution in [1.82, 2.24) is 5.32 Å². The molecule has 2 rings (SSSR count). The van der Waals surface area contributed by atoms with E-state index in [4.69, 9.17) is 0 Å². The van der Waals surface area contributed by atoms with Crippen LogP contribution < -0.4 is 5.32 Å². The van der Waals surface area contributed by atoms with Crippen molar-refractivity contribution in [2.45, 2.75) is 51.0 Å². The van der Waals surface area contributed by atoms with Gasteiger partial charge in [-0.2, -0.15) is 0 Å². The molecule has 1 N–H and O–H groups in total. The molecule has 0 bridgehead atoms. The number of hydrogen-bond donors (Lipinski definition) is 1. The van der Waals surface area contributed by atoms with Crippen LogP contribution in [-0.2, 0) is 10.3 Å². The van der Waals surface area contributed by atoms with Crippen LogP contribution in [0.3, 0.4) is 0 Å². The summed E-state index contributed by atoms with van der Waals surface area (Å²) in [5.74, 6) is 0.371. The fourth-order valence-corrected chi connectivity index (χ4v) is 2.82. The smallest absolute Gasteiger partial charge is 0.157 e. The molecule has 0 aromatic heterocycles. The Kier molecular flexibility index (Phi) is 4.54. The highest BCUT2D eigenvalue weighted by molar-refractivity contribution is 5.90. The van der Waals surface area contributed by atoms with Crippen LogP contribution in [0, 0.1) is 0 Å². The molecule has 0 aliphatic heterocycles. The Hall–Kier alpha value is -1.15. The highest BCUT2D eigenvalue weighted by Gasteiger charge is 2.40. The molecular formula is C16H23NO. The lowest BCUT2D eigenvalue weighted by molar-refractivity contribution is -0.128. The summed E-state index contributed by atoms with van der Waals surface area (Å²) in [7, 11) is 0. The molecule has 1 aliphatic carbocycles. The van der Waals surface area contributed by atoms with Crippen LogP contribution in [-0.4, -0.2) is 12.3 Å². The van der Waals surface area contributed by atoms with Gasteiger partial charge in [-0.1, -0.05) is 50.1 Å². The fourth-order valence-electron chi connectivity index (χ4n) is 2.82. The highest BCUT2D eigenvalue weighted by Crippen LogP contribution is 2.34. The molecule has 0 amide bonds. The predicted molar refractivity (Wildman–Crippen MR) is 74.5 cm³/mol. The first-order chi connectivity index (χ1) is 8.79. The van der Waals surface area contributed by atoms with E-state index in [9.17, 15) is 4.79 Å². The third-order valence-electron chi connectivity index (χ3n) is 3.91. The van der Waals surface area contributed by atoms with Crippen molar-refractivity contribution in [3.63, 3.8) is 0 Å². The zero-order valence-corrected chi connectivity index (χ0v) is 11.2. The monoisotopic (exact) mass is 245 g/mol. The number of Topliss-reactive ketones (excluding diaryl/α,β-unsaturated/α-hetero) is 1. The summed E-state index contributed by atoms with van der Waals surface area (Å²) < 4.78 is 0. The summed E-state index contributed by atoms with van der Waals surface area (Å²) in [6.45, 7) is 3.11. The van der Waals surface area contributed by atoms with E-state index >= 15 is 0 Å². The topological polar surface area (TPSA) is 29.1 Å². The first kappa shape index (κ1) is 13.3. The van der Waals surface area contributed by atoms with Crippen LogP contribution in [0.4, 0.5) is 0 Å². The van der Waals surface area contributed by atoms with Gasteiger partial charge < -0.3 is 5.32 Å². The minimum Gasteiger partial charge on any atom is -0.301 e. The maximum Gasteiger partial charge on any atom is 0.157 e. The van der Waals surface area contributed by atoms with Gasteiger partial charge >= 0.3 is 0 Å². The van der Waals surface area contributed by atoms with Gasteiger partial charge in [-0.05, 0) is 31.4 Å². The van der Waals surface area contributed by atoms with E-state index in [2.05, 4.69) is 24.4 Å². The summed E-state index contributed by atoms with van der Waals surface area (Å²) >= 11 is 0. The lowest BCUT2D eigenvalue weighted by Gasteiger charge is -2.37. The fraction of sp³-hybridized carbons (Fsp3) is 0.562. The number of rotatable bonds is 5. The van der Waals surface area contributed by atoms with Crippen molar-refractivity contribution < 1.29 is 4.79 Å². The van der Waals surface area contributed by atoms with E-state index in [1.807, 2.05) is 18.2 Å². The largest absolute Gasteiger partial charge is 0.301 e. The molecule has 1 unspecified atom stereocenters. The van der Waals surface area contributed by atoms with Crippen molar-refractivity contribution in [3.8, 4) is 0 Å². The third-order valence-corrected chi connectivity index (χ3v) is 3.91. The SMILES string of the molecule is CCCCNC1(c2ccccc2)CCCCC1=O. The Morgan fingerprint density at radius 2 is 2.00 bits per heavy atom.